The predicted molar refractivity (Wildman–Crippen MR) is 67.4 cm³/mol. The summed E-state index contributed by atoms with van der Waals surface area (Å²) in [6.45, 7) is 3.05. The molecule has 0 radical (unpaired) electrons. The molecule has 0 aliphatic carbocycles. The van der Waals surface area contributed by atoms with Crippen molar-refractivity contribution in [1.29, 1.82) is 0 Å². The van der Waals surface area contributed by atoms with Gasteiger partial charge in [0.05, 0.1) is 6.10 Å². The average Bonchev–Trinajstić information content (AvgIpc) is 2.38. The van der Waals surface area contributed by atoms with Crippen LogP contribution in [0.5, 0.6) is 0 Å². The molecule has 5 heteroatoms. The predicted octanol–water partition coefficient (Wildman–Crippen LogP) is 0.608. The van der Waals surface area contributed by atoms with Crippen LogP contribution < -0.4 is 5.56 Å². The number of pyridine rings is 1. The van der Waals surface area contributed by atoms with E-state index >= 15 is 0 Å². The SMILES string of the molecule is CC(O)C1CCN(C(=O)c2cccc(=O)[nH]2)CC1. The monoisotopic (exact) mass is 250 g/mol. The largest absolute Gasteiger partial charge is 0.393 e. The molecule has 0 saturated carbocycles. The number of carbonyl (C=O) groups is 1. The van der Waals surface area contributed by atoms with Gasteiger partial charge in [-0.3, -0.25) is 9.59 Å². The Balaban J connectivity index is 2.02. The molecule has 1 aromatic heterocycles. The maximum Gasteiger partial charge on any atom is 0.270 e. The van der Waals surface area contributed by atoms with Crippen LogP contribution in [0.4, 0.5) is 0 Å². The smallest absolute Gasteiger partial charge is 0.270 e. The summed E-state index contributed by atoms with van der Waals surface area (Å²) >= 11 is 0. The fourth-order valence-electron chi connectivity index (χ4n) is 2.33. The molecule has 2 heterocycles. The Kier molecular flexibility index (Phi) is 3.81. The first kappa shape index (κ1) is 12.8. The number of H-pyrrole nitrogens is 1. The molecule has 0 aromatic carbocycles. The summed E-state index contributed by atoms with van der Waals surface area (Å²) in [5.74, 6) is 0.126. The van der Waals surface area contributed by atoms with Crippen LogP contribution in [0.15, 0.2) is 23.0 Å². The first-order chi connectivity index (χ1) is 8.58. The summed E-state index contributed by atoms with van der Waals surface area (Å²) in [6, 6.07) is 4.58. The molecule has 2 rings (SSSR count). The van der Waals surface area contributed by atoms with Crippen LogP contribution in [-0.2, 0) is 0 Å². The molecule has 18 heavy (non-hydrogen) atoms. The fourth-order valence-corrected chi connectivity index (χ4v) is 2.33. The maximum atomic E-state index is 12.1. The molecule has 1 aromatic rings. The zero-order valence-corrected chi connectivity index (χ0v) is 10.4. The van der Waals surface area contributed by atoms with E-state index in [1.807, 2.05) is 0 Å². The van der Waals surface area contributed by atoms with Gasteiger partial charge in [-0.1, -0.05) is 6.07 Å². The molecular weight excluding hydrogens is 232 g/mol. The van der Waals surface area contributed by atoms with Crippen LogP contribution >= 0.6 is 0 Å². The van der Waals surface area contributed by atoms with E-state index < -0.39 is 0 Å². The first-order valence-corrected chi connectivity index (χ1v) is 6.24. The van der Waals surface area contributed by atoms with E-state index in [1.165, 1.54) is 6.07 Å². The third-order valence-electron chi connectivity index (χ3n) is 3.51. The lowest BCUT2D eigenvalue weighted by atomic mass is 9.92. The number of aliphatic hydroxyl groups is 1. The van der Waals surface area contributed by atoms with Crippen molar-refractivity contribution in [2.75, 3.05) is 13.1 Å². The molecule has 1 amide bonds. The van der Waals surface area contributed by atoms with Gasteiger partial charge in [0.1, 0.15) is 5.69 Å². The molecular formula is C13H18N2O3. The van der Waals surface area contributed by atoms with E-state index in [0.717, 1.165) is 12.8 Å². The van der Waals surface area contributed by atoms with Crippen molar-refractivity contribution in [2.24, 2.45) is 5.92 Å². The minimum atomic E-state index is -0.321. The lowest BCUT2D eigenvalue weighted by Gasteiger charge is -2.33. The average molecular weight is 250 g/mol. The Bertz CT molecular complexity index is 473. The highest BCUT2D eigenvalue weighted by Gasteiger charge is 2.26. The summed E-state index contributed by atoms with van der Waals surface area (Å²) in [5.41, 5.74) is 0.0673. The summed E-state index contributed by atoms with van der Waals surface area (Å²) < 4.78 is 0. The quantitative estimate of drug-likeness (QED) is 0.807. The van der Waals surface area contributed by atoms with Crippen molar-refractivity contribution >= 4 is 5.91 Å². The third-order valence-corrected chi connectivity index (χ3v) is 3.51. The number of nitrogens with zero attached hydrogens (tertiary/aromatic N) is 1. The second kappa shape index (κ2) is 5.35. The molecule has 0 bridgehead atoms. The third kappa shape index (κ3) is 2.79. The molecule has 1 saturated heterocycles. The molecule has 98 valence electrons. The van der Waals surface area contributed by atoms with Gasteiger partial charge in [-0.2, -0.15) is 0 Å². The maximum absolute atomic E-state index is 12.1. The molecule has 5 nitrogen and oxygen atoms in total. The topological polar surface area (TPSA) is 73.4 Å². The molecule has 1 unspecified atom stereocenters. The van der Waals surface area contributed by atoms with Gasteiger partial charge in [0, 0.05) is 19.2 Å². The van der Waals surface area contributed by atoms with Gasteiger partial charge >= 0.3 is 0 Å². The highest BCUT2D eigenvalue weighted by atomic mass is 16.3. The minimum Gasteiger partial charge on any atom is -0.393 e. The number of piperidine rings is 1. The van der Waals surface area contributed by atoms with Crippen molar-refractivity contribution in [1.82, 2.24) is 9.88 Å². The number of amides is 1. The number of likely N-dealkylation sites (tertiary alicyclic amines) is 1. The van der Waals surface area contributed by atoms with Gasteiger partial charge in [0.25, 0.3) is 5.91 Å². The summed E-state index contributed by atoms with van der Waals surface area (Å²) in [5, 5.41) is 9.50. The van der Waals surface area contributed by atoms with Crippen LogP contribution in [0, 0.1) is 5.92 Å². The lowest BCUT2D eigenvalue weighted by molar-refractivity contribution is 0.0517. The zero-order chi connectivity index (χ0) is 13.1. The first-order valence-electron chi connectivity index (χ1n) is 6.24. The number of rotatable bonds is 2. The second-order valence-electron chi connectivity index (χ2n) is 4.80. The van der Waals surface area contributed by atoms with Gasteiger partial charge in [0.15, 0.2) is 0 Å². The van der Waals surface area contributed by atoms with Gasteiger partial charge < -0.3 is 15.0 Å². The Morgan fingerprint density at radius 1 is 1.44 bits per heavy atom. The standard InChI is InChI=1S/C13H18N2O3/c1-9(16)10-5-7-15(8-6-10)13(18)11-3-2-4-12(17)14-11/h2-4,9-10,16H,5-8H2,1H3,(H,14,17). The Morgan fingerprint density at radius 2 is 2.11 bits per heavy atom. The van der Waals surface area contributed by atoms with Gasteiger partial charge in [0.2, 0.25) is 5.56 Å². The molecule has 1 aliphatic rings. The minimum absolute atomic E-state index is 0.142. The van der Waals surface area contributed by atoms with Gasteiger partial charge in [-0.25, -0.2) is 0 Å². The fraction of sp³-hybridized carbons (Fsp3) is 0.538. The normalized spacial score (nSPS) is 18.7. The number of hydrogen-bond donors (Lipinski definition) is 2. The van der Waals surface area contributed by atoms with Crippen molar-refractivity contribution in [3.05, 3.63) is 34.2 Å². The summed E-state index contributed by atoms with van der Waals surface area (Å²) in [6.07, 6.45) is 1.29. The number of aliphatic hydroxyl groups excluding tert-OH is 1. The number of nitrogens with one attached hydrogen (secondary N) is 1. The van der Waals surface area contributed by atoms with E-state index in [-0.39, 0.29) is 23.5 Å². The Hall–Kier alpha value is -1.62. The van der Waals surface area contributed by atoms with Gasteiger partial charge in [-0.05, 0) is 31.7 Å². The van der Waals surface area contributed by atoms with E-state index in [0.29, 0.717) is 18.8 Å². The lowest BCUT2D eigenvalue weighted by Crippen LogP contribution is -2.41. The van der Waals surface area contributed by atoms with Crippen molar-refractivity contribution < 1.29 is 9.90 Å². The molecule has 1 atom stereocenters. The van der Waals surface area contributed by atoms with Crippen molar-refractivity contribution in [2.45, 2.75) is 25.9 Å². The zero-order valence-electron chi connectivity index (χ0n) is 10.4. The summed E-state index contributed by atoms with van der Waals surface area (Å²) in [4.78, 5) is 27.5. The van der Waals surface area contributed by atoms with E-state index in [9.17, 15) is 14.7 Å². The second-order valence-corrected chi connectivity index (χ2v) is 4.80. The number of carbonyl (C=O) groups excluding carboxylic acids is 1. The van der Waals surface area contributed by atoms with E-state index in [4.69, 9.17) is 0 Å². The van der Waals surface area contributed by atoms with Crippen molar-refractivity contribution in [3.63, 3.8) is 0 Å². The van der Waals surface area contributed by atoms with Crippen LogP contribution in [0.1, 0.15) is 30.3 Å². The number of aromatic nitrogens is 1. The molecule has 1 fully saturated rings. The van der Waals surface area contributed by atoms with Crippen LogP contribution in [0.3, 0.4) is 0 Å². The molecule has 0 spiro atoms. The van der Waals surface area contributed by atoms with Crippen LogP contribution in [0.2, 0.25) is 0 Å². The van der Waals surface area contributed by atoms with Crippen LogP contribution in [-0.4, -0.2) is 40.1 Å². The summed E-state index contributed by atoms with van der Waals surface area (Å²) in [7, 11) is 0. The Labute approximate surface area is 105 Å². The molecule has 1 aliphatic heterocycles. The highest BCUT2D eigenvalue weighted by molar-refractivity contribution is 5.92. The molecule has 2 N–H and O–H groups in total. The number of hydrogen-bond acceptors (Lipinski definition) is 3. The van der Waals surface area contributed by atoms with Crippen molar-refractivity contribution in [3.8, 4) is 0 Å². The number of aromatic amines is 1. The highest BCUT2D eigenvalue weighted by Crippen LogP contribution is 2.21. The van der Waals surface area contributed by atoms with E-state index in [1.54, 1.807) is 24.0 Å². The Morgan fingerprint density at radius 3 is 2.67 bits per heavy atom. The van der Waals surface area contributed by atoms with E-state index in [2.05, 4.69) is 4.98 Å². The van der Waals surface area contributed by atoms with Gasteiger partial charge in [-0.15, -0.1) is 0 Å². The van der Waals surface area contributed by atoms with Crippen LogP contribution in [0.25, 0.3) is 0 Å².